The van der Waals surface area contributed by atoms with E-state index in [0.29, 0.717) is 12.0 Å². The van der Waals surface area contributed by atoms with Gasteiger partial charge in [0.2, 0.25) is 5.91 Å². The fourth-order valence-electron chi connectivity index (χ4n) is 1.90. The second-order valence-corrected chi connectivity index (χ2v) is 4.89. The Kier molecular flexibility index (Phi) is 5.15. The number of halogens is 1. The monoisotopic (exact) mass is 311 g/mol. The molecule has 1 amide bonds. The molecule has 0 aromatic carbocycles. The summed E-state index contributed by atoms with van der Waals surface area (Å²) in [5.74, 6) is 0.529. The van der Waals surface area contributed by atoms with Gasteiger partial charge >= 0.3 is 0 Å². The van der Waals surface area contributed by atoms with Crippen LogP contribution in [0.15, 0.2) is 0 Å². The first-order valence-electron chi connectivity index (χ1n) is 5.19. The van der Waals surface area contributed by atoms with Crippen LogP contribution in [0.2, 0.25) is 0 Å². The average Bonchev–Trinajstić information content (AvgIpc) is 2.27. The normalized spacial score (nSPS) is 27.4. The van der Waals surface area contributed by atoms with Crippen molar-refractivity contribution in [3.63, 3.8) is 0 Å². The molecule has 0 aliphatic heterocycles. The van der Waals surface area contributed by atoms with Gasteiger partial charge in [0.05, 0.1) is 29.0 Å². The van der Waals surface area contributed by atoms with Crippen LogP contribution in [0.1, 0.15) is 32.6 Å². The van der Waals surface area contributed by atoms with Crippen LogP contribution in [0.4, 0.5) is 0 Å². The van der Waals surface area contributed by atoms with Gasteiger partial charge in [-0.15, -0.1) is 0 Å². The molecule has 0 atom stereocenters. The summed E-state index contributed by atoms with van der Waals surface area (Å²) in [7, 11) is 1.75. The Morgan fingerprint density at radius 3 is 2.43 bits per heavy atom. The second-order valence-electron chi connectivity index (χ2n) is 3.73. The summed E-state index contributed by atoms with van der Waals surface area (Å²) in [5, 5.41) is 0. The number of amides is 1. The van der Waals surface area contributed by atoms with Crippen LogP contribution in [0.3, 0.4) is 0 Å². The van der Waals surface area contributed by atoms with Crippen LogP contribution in [0.25, 0.3) is 0 Å². The highest BCUT2D eigenvalue weighted by Crippen LogP contribution is 2.28. The van der Waals surface area contributed by atoms with Gasteiger partial charge < -0.3 is 4.74 Å². The minimum absolute atomic E-state index is 0.234. The number of carbonyl (C=O) groups excluding carboxylic acids is 1. The Morgan fingerprint density at radius 2 is 2.00 bits per heavy atom. The van der Waals surface area contributed by atoms with Gasteiger partial charge in [0.25, 0.3) is 0 Å². The van der Waals surface area contributed by atoms with Crippen molar-refractivity contribution in [1.29, 1.82) is 0 Å². The maximum absolute atomic E-state index is 11.8. The van der Waals surface area contributed by atoms with E-state index in [1.807, 2.05) is 6.92 Å². The maximum Gasteiger partial charge on any atom is 0.234 e. The van der Waals surface area contributed by atoms with Crippen molar-refractivity contribution in [3.05, 3.63) is 0 Å². The van der Waals surface area contributed by atoms with Gasteiger partial charge in [0.1, 0.15) is 0 Å². The number of rotatable bonds is 3. The lowest BCUT2D eigenvalue weighted by Gasteiger charge is -2.28. The standard InChI is InChI=1S/C10H18INO2/c1-3-12(11)10(13)8-4-6-9(14-2)7-5-8/h8-9H,3-7H2,1-2H3. The minimum atomic E-state index is 0.234. The molecular weight excluding hydrogens is 293 g/mol. The molecule has 1 saturated carbocycles. The summed E-state index contributed by atoms with van der Waals surface area (Å²) in [6, 6.07) is 0. The van der Waals surface area contributed by atoms with Gasteiger partial charge in [-0.25, -0.2) is 0 Å². The topological polar surface area (TPSA) is 29.5 Å². The van der Waals surface area contributed by atoms with Crippen LogP contribution in [0.5, 0.6) is 0 Å². The molecule has 0 N–H and O–H groups in total. The van der Waals surface area contributed by atoms with E-state index in [1.54, 1.807) is 10.2 Å². The van der Waals surface area contributed by atoms with Crippen molar-refractivity contribution in [1.82, 2.24) is 3.11 Å². The Bertz CT molecular complexity index is 191. The molecule has 0 bridgehead atoms. The van der Waals surface area contributed by atoms with Crippen LogP contribution in [-0.4, -0.2) is 28.8 Å². The molecule has 1 aliphatic carbocycles. The van der Waals surface area contributed by atoms with Crippen molar-refractivity contribution >= 4 is 28.8 Å². The zero-order chi connectivity index (χ0) is 10.6. The first kappa shape index (κ1) is 12.2. The van der Waals surface area contributed by atoms with Crippen molar-refractivity contribution in [2.24, 2.45) is 5.92 Å². The Hall–Kier alpha value is 0.160. The van der Waals surface area contributed by atoms with Crippen LogP contribution in [-0.2, 0) is 9.53 Å². The van der Waals surface area contributed by atoms with Crippen molar-refractivity contribution < 1.29 is 9.53 Å². The Morgan fingerprint density at radius 1 is 1.43 bits per heavy atom. The molecule has 3 nitrogen and oxygen atoms in total. The van der Waals surface area contributed by atoms with Crippen molar-refractivity contribution in [2.75, 3.05) is 13.7 Å². The molecule has 0 spiro atoms. The van der Waals surface area contributed by atoms with E-state index in [2.05, 4.69) is 22.9 Å². The molecule has 1 rings (SSSR count). The first-order valence-corrected chi connectivity index (χ1v) is 6.15. The highest BCUT2D eigenvalue weighted by molar-refractivity contribution is 14.1. The van der Waals surface area contributed by atoms with E-state index in [1.165, 1.54) is 0 Å². The number of hydrogen-bond acceptors (Lipinski definition) is 2. The molecule has 0 aromatic heterocycles. The van der Waals surface area contributed by atoms with E-state index in [9.17, 15) is 4.79 Å². The highest BCUT2D eigenvalue weighted by atomic mass is 127. The maximum atomic E-state index is 11.8. The summed E-state index contributed by atoms with van der Waals surface area (Å²) in [6.07, 6.45) is 4.40. The third-order valence-corrected chi connectivity index (χ3v) is 4.03. The second kappa shape index (κ2) is 5.90. The first-order chi connectivity index (χ1) is 6.69. The molecule has 4 heteroatoms. The molecule has 1 fully saturated rings. The van der Waals surface area contributed by atoms with E-state index in [-0.39, 0.29) is 5.92 Å². The minimum Gasteiger partial charge on any atom is -0.381 e. The van der Waals surface area contributed by atoms with Crippen LogP contribution in [0, 0.1) is 5.92 Å². The predicted molar refractivity (Wildman–Crippen MR) is 64.2 cm³/mol. The van der Waals surface area contributed by atoms with Gasteiger partial charge in [-0.3, -0.25) is 7.91 Å². The third kappa shape index (κ3) is 3.08. The SMILES string of the molecule is CCN(I)C(=O)C1CCC(OC)CC1. The van der Waals surface area contributed by atoms with Gasteiger partial charge in [-0.2, -0.15) is 0 Å². The number of methoxy groups -OCH3 is 1. The molecule has 82 valence electrons. The van der Waals surface area contributed by atoms with E-state index in [0.717, 1.165) is 32.2 Å². The van der Waals surface area contributed by atoms with Crippen molar-refractivity contribution in [3.8, 4) is 0 Å². The molecule has 0 aromatic rings. The Balaban J connectivity index is 2.37. The summed E-state index contributed by atoms with van der Waals surface area (Å²) >= 11 is 2.10. The zero-order valence-electron chi connectivity index (χ0n) is 8.83. The molecule has 1 aliphatic rings. The highest BCUT2D eigenvalue weighted by Gasteiger charge is 2.28. The lowest BCUT2D eigenvalue weighted by Crippen LogP contribution is -2.32. The summed E-state index contributed by atoms with van der Waals surface area (Å²) < 4.78 is 7.07. The van der Waals surface area contributed by atoms with Crippen molar-refractivity contribution in [2.45, 2.75) is 38.7 Å². The molecule has 0 saturated heterocycles. The number of hydrogen-bond donors (Lipinski definition) is 0. The smallest absolute Gasteiger partial charge is 0.234 e. The fourth-order valence-corrected chi connectivity index (χ4v) is 2.29. The molecular formula is C10H18INO2. The lowest BCUT2D eigenvalue weighted by atomic mass is 9.87. The van der Waals surface area contributed by atoms with Gasteiger partial charge in [0.15, 0.2) is 0 Å². The van der Waals surface area contributed by atoms with E-state index >= 15 is 0 Å². The molecule has 0 unspecified atom stereocenters. The van der Waals surface area contributed by atoms with E-state index < -0.39 is 0 Å². The molecule has 14 heavy (non-hydrogen) atoms. The number of ether oxygens (including phenoxy) is 1. The quantitative estimate of drug-likeness (QED) is 0.592. The largest absolute Gasteiger partial charge is 0.381 e. The summed E-state index contributed by atoms with van der Waals surface area (Å²) in [5.41, 5.74) is 0. The summed E-state index contributed by atoms with van der Waals surface area (Å²) in [4.78, 5) is 11.8. The van der Waals surface area contributed by atoms with Gasteiger partial charge in [-0.1, -0.05) is 0 Å². The molecule has 0 radical (unpaired) electrons. The third-order valence-electron chi connectivity index (χ3n) is 2.87. The predicted octanol–water partition coefficient (Wildman–Crippen LogP) is 2.39. The lowest BCUT2D eigenvalue weighted by molar-refractivity contribution is -0.130. The summed E-state index contributed by atoms with van der Waals surface area (Å²) in [6.45, 7) is 2.80. The van der Waals surface area contributed by atoms with Gasteiger partial charge in [-0.05, 0) is 32.6 Å². The number of nitrogens with zero attached hydrogens (tertiary/aromatic N) is 1. The molecule has 0 heterocycles. The zero-order valence-corrected chi connectivity index (χ0v) is 11.0. The average molecular weight is 311 g/mol. The van der Waals surface area contributed by atoms with Gasteiger partial charge in [0, 0.05) is 19.6 Å². The number of carbonyl (C=O) groups is 1. The van der Waals surface area contributed by atoms with Crippen LogP contribution < -0.4 is 0 Å². The van der Waals surface area contributed by atoms with Crippen LogP contribution >= 0.6 is 22.9 Å². The van der Waals surface area contributed by atoms with E-state index in [4.69, 9.17) is 4.74 Å². The Labute approximate surface area is 99.7 Å². The fraction of sp³-hybridized carbons (Fsp3) is 0.900.